The fourth-order valence-electron chi connectivity index (χ4n) is 3.61. The van der Waals surface area contributed by atoms with Crippen molar-refractivity contribution in [3.63, 3.8) is 0 Å². The van der Waals surface area contributed by atoms with Crippen LogP contribution in [0, 0.1) is 11.6 Å². The summed E-state index contributed by atoms with van der Waals surface area (Å²) < 4.78 is 56.3. The summed E-state index contributed by atoms with van der Waals surface area (Å²) >= 11 is 5.75. The maximum Gasteiger partial charge on any atom is 0.262 e. The Labute approximate surface area is 178 Å². The molecule has 0 amide bonds. The molecule has 0 unspecified atom stereocenters. The number of halogens is 3. The minimum Gasteiger partial charge on any atom is -0.380 e. The lowest BCUT2D eigenvalue weighted by Crippen LogP contribution is -2.32. The van der Waals surface area contributed by atoms with E-state index in [4.69, 9.17) is 11.6 Å². The first-order valence-electron chi connectivity index (χ1n) is 9.19. The minimum absolute atomic E-state index is 0.00131. The highest BCUT2D eigenvalue weighted by Gasteiger charge is 2.41. The van der Waals surface area contributed by atoms with E-state index in [2.05, 4.69) is 10.3 Å². The van der Waals surface area contributed by atoms with Crippen LogP contribution in [0.25, 0.3) is 0 Å². The van der Waals surface area contributed by atoms with Gasteiger partial charge in [0, 0.05) is 44.0 Å². The number of imidazole rings is 1. The molecule has 0 bridgehead atoms. The Bertz CT molecular complexity index is 1170. The van der Waals surface area contributed by atoms with Crippen LogP contribution in [0.1, 0.15) is 11.5 Å². The smallest absolute Gasteiger partial charge is 0.262 e. The third-order valence-electron chi connectivity index (χ3n) is 5.14. The van der Waals surface area contributed by atoms with Crippen LogP contribution in [-0.2, 0) is 17.1 Å². The van der Waals surface area contributed by atoms with E-state index in [0.29, 0.717) is 5.69 Å². The molecule has 10 heteroatoms. The summed E-state index contributed by atoms with van der Waals surface area (Å²) in [5.41, 5.74) is 1.26. The first-order valence-corrected chi connectivity index (χ1v) is 11.0. The number of hydrogen-bond donors (Lipinski definition) is 1. The lowest BCUT2D eigenvalue weighted by Gasteiger charge is -2.21. The fraction of sp³-hybridized carbons (Fsp3) is 0.250. The van der Waals surface area contributed by atoms with Gasteiger partial charge in [-0.25, -0.2) is 22.2 Å². The molecule has 4 rings (SSSR count). The van der Waals surface area contributed by atoms with Crippen molar-refractivity contribution in [3.8, 4) is 0 Å². The Morgan fingerprint density at radius 3 is 2.50 bits per heavy atom. The fourth-order valence-corrected chi connectivity index (χ4v) is 5.19. The Balaban J connectivity index is 1.66. The lowest BCUT2D eigenvalue weighted by atomic mass is 9.94. The van der Waals surface area contributed by atoms with E-state index in [-0.39, 0.29) is 40.9 Å². The van der Waals surface area contributed by atoms with Gasteiger partial charge in [-0.1, -0.05) is 23.7 Å². The highest BCUT2D eigenvalue weighted by Crippen LogP contribution is 2.33. The van der Waals surface area contributed by atoms with Crippen LogP contribution < -0.4 is 5.32 Å². The zero-order valence-electron chi connectivity index (χ0n) is 16.0. The van der Waals surface area contributed by atoms with Crippen LogP contribution in [0.3, 0.4) is 0 Å². The van der Waals surface area contributed by atoms with Crippen LogP contribution in [0.2, 0.25) is 5.02 Å². The van der Waals surface area contributed by atoms with E-state index < -0.39 is 15.8 Å². The van der Waals surface area contributed by atoms with Gasteiger partial charge in [0.25, 0.3) is 10.0 Å². The molecule has 2 aromatic carbocycles. The second kappa shape index (κ2) is 7.98. The number of rotatable bonds is 5. The molecule has 158 valence electrons. The first-order chi connectivity index (χ1) is 14.2. The summed E-state index contributed by atoms with van der Waals surface area (Å²) in [5.74, 6) is -1.22. The molecule has 2 heterocycles. The molecular formula is C20H19ClF2N4O2S. The van der Waals surface area contributed by atoms with Crippen molar-refractivity contribution < 1.29 is 17.2 Å². The Kier molecular flexibility index (Phi) is 5.52. The Morgan fingerprint density at radius 1 is 1.13 bits per heavy atom. The molecule has 1 aliphatic rings. The SMILES string of the molecule is Cn1cnc(S(=O)(=O)N2C[C@H](Nc3ccc(Cl)c(F)c3)[C@@H](c3ccc(F)cc3)C2)c1. The van der Waals surface area contributed by atoms with Gasteiger partial charge in [-0.3, -0.25) is 0 Å². The summed E-state index contributed by atoms with van der Waals surface area (Å²) in [6.45, 7) is 0.323. The number of nitrogens with zero attached hydrogens (tertiary/aromatic N) is 3. The molecule has 1 N–H and O–H groups in total. The number of aryl methyl sites for hydroxylation is 1. The van der Waals surface area contributed by atoms with Crippen LogP contribution >= 0.6 is 11.6 Å². The lowest BCUT2D eigenvalue weighted by molar-refractivity contribution is 0.468. The van der Waals surface area contributed by atoms with Gasteiger partial charge >= 0.3 is 0 Å². The maximum atomic E-state index is 13.9. The van der Waals surface area contributed by atoms with E-state index in [1.54, 1.807) is 29.8 Å². The highest BCUT2D eigenvalue weighted by atomic mass is 35.5. The van der Waals surface area contributed by atoms with Gasteiger partial charge in [-0.05, 0) is 35.9 Å². The standard InChI is InChI=1S/C20H19ClF2N4O2S/c1-26-11-20(24-12-26)30(28,29)27-9-16(13-2-4-14(22)5-3-13)19(10-27)25-15-6-7-17(21)18(23)8-15/h2-8,11-12,16,19,25H,9-10H2,1H3/t16-,19+/m1/s1. The van der Waals surface area contributed by atoms with Gasteiger partial charge in [-0.15, -0.1) is 0 Å². The molecule has 0 aliphatic carbocycles. The van der Waals surface area contributed by atoms with Crippen molar-refractivity contribution in [2.75, 3.05) is 18.4 Å². The van der Waals surface area contributed by atoms with E-state index in [1.807, 2.05) is 0 Å². The molecule has 1 fully saturated rings. The van der Waals surface area contributed by atoms with E-state index in [9.17, 15) is 17.2 Å². The molecule has 0 radical (unpaired) electrons. The number of anilines is 1. The zero-order valence-corrected chi connectivity index (χ0v) is 17.5. The molecule has 1 aromatic heterocycles. The predicted octanol–water partition coefficient (Wildman–Crippen LogP) is 3.62. The Morgan fingerprint density at radius 2 is 1.87 bits per heavy atom. The number of sulfonamides is 1. The number of benzene rings is 2. The quantitative estimate of drug-likeness (QED) is 0.642. The van der Waals surface area contributed by atoms with E-state index in [0.717, 1.165) is 5.56 Å². The van der Waals surface area contributed by atoms with Crippen molar-refractivity contribution in [2.45, 2.75) is 17.0 Å². The molecule has 0 spiro atoms. The van der Waals surface area contributed by atoms with Crippen molar-refractivity contribution >= 4 is 27.3 Å². The van der Waals surface area contributed by atoms with Gasteiger partial charge in [0.1, 0.15) is 11.6 Å². The second-order valence-electron chi connectivity index (χ2n) is 7.24. The van der Waals surface area contributed by atoms with Gasteiger partial charge in [0.05, 0.1) is 11.3 Å². The summed E-state index contributed by atoms with van der Waals surface area (Å²) in [6, 6.07) is 9.90. The zero-order chi connectivity index (χ0) is 21.5. The monoisotopic (exact) mass is 452 g/mol. The molecule has 0 saturated carbocycles. The topological polar surface area (TPSA) is 67.2 Å². The minimum atomic E-state index is -3.81. The average molecular weight is 453 g/mol. The maximum absolute atomic E-state index is 13.9. The summed E-state index contributed by atoms with van der Waals surface area (Å²) in [4.78, 5) is 3.97. The molecule has 1 aliphatic heterocycles. The molecule has 2 atom stereocenters. The van der Waals surface area contributed by atoms with Crippen LogP contribution in [-0.4, -0.2) is 41.4 Å². The Hall–Kier alpha value is -2.49. The van der Waals surface area contributed by atoms with Crippen LogP contribution in [0.4, 0.5) is 14.5 Å². The molecule has 6 nitrogen and oxygen atoms in total. The summed E-state index contributed by atoms with van der Waals surface area (Å²) in [7, 11) is -2.12. The van der Waals surface area contributed by atoms with Crippen LogP contribution in [0.15, 0.2) is 60.0 Å². The molecule has 30 heavy (non-hydrogen) atoms. The normalized spacial score (nSPS) is 19.9. The second-order valence-corrected chi connectivity index (χ2v) is 9.53. The highest BCUT2D eigenvalue weighted by molar-refractivity contribution is 7.89. The third-order valence-corrected chi connectivity index (χ3v) is 7.17. The van der Waals surface area contributed by atoms with Crippen LogP contribution in [0.5, 0.6) is 0 Å². The third kappa shape index (κ3) is 4.05. The van der Waals surface area contributed by atoms with Gasteiger partial charge in [0.15, 0.2) is 5.03 Å². The van der Waals surface area contributed by atoms with Crippen molar-refractivity contribution in [1.82, 2.24) is 13.9 Å². The number of aromatic nitrogens is 2. The molecule has 3 aromatic rings. The number of hydrogen-bond acceptors (Lipinski definition) is 4. The van der Waals surface area contributed by atoms with Crippen molar-refractivity contribution in [3.05, 3.63) is 77.2 Å². The van der Waals surface area contributed by atoms with Crippen molar-refractivity contribution in [1.29, 1.82) is 0 Å². The largest absolute Gasteiger partial charge is 0.380 e. The first kappa shape index (κ1) is 20.8. The summed E-state index contributed by atoms with van der Waals surface area (Å²) in [5, 5.41) is 3.17. The van der Waals surface area contributed by atoms with Gasteiger partial charge in [-0.2, -0.15) is 4.31 Å². The number of nitrogens with one attached hydrogen (secondary N) is 1. The predicted molar refractivity (Wildman–Crippen MR) is 110 cm³/mol. The van der Waals surface area contributed by atoms with E-state index >= 15 is 0 Å². The van der Waals surface area contributed by atoms with Gasteiger partial charge in [0.2, 0.25) is 0 Å². The van der Waals surface area contributed by atoms with Gasteiger partial charge < -0.3 is 9.88 Å². The average Bonchev–Trinajstić information content (AvgIpc) is 3.33. The van der Waals surface area contributed by atoms with E-state index in [1.165, 1.54) is 41.1 Å². The molecule has 1 saturated heterocycles. The summed E-state index contributed by atoms with van der Waals surface area (Å²) in [6.07, 6.45) is 2.87. The molecular weight excluding hydrogens is 434 g/mol. The van der Waals surface area contributed by atoms with Crippen molar-refractivity contribution in [2.24, 2.45) is 7.05 Å².